The minimum absolute atomic E-state index is 0.178. The van der Waals surface area contributed by atoms with Crippen molar-refractivity contribution in [1.82, 2.24) is 5.43 Å². The van der Waals surface area contributed by atoms with Crippen LogP contribution in [0.1, 0.15) is 23.2 Å². The molecule has 1 aromatic carbocycles. The number of rotatable bonds is 3. The summed E-state index contributed by atoms with van der Waals surface area (Å²) in [6, 6.07) is 7.34. The Bertz CT molecular complexity index is 553. The molecule has 0 aromatic heterocycles. The van der Waals surface area contributed by atoms with Crippen LogP contribution >= 0.6 is 15.9 Å². The smallest absolute Gasteiger partial charge is 0.267 e. The summed E-state index contributed by atoms with van der Waals surface area (Å²) in [5.74, 6) is 1.64. The fraction of sp³-hybridized carbons (Fsp3) is 0.333. The monoisotopic (exact) mass is 318 g/mol. The Labute approximate surface area is 120 Å². The number of fused-ring (bicyclic) bond motifs is 2. The first-order valence-corrected chi connectivity index (χ1v) is 7.29. The first kappa shape index (κ1) is 12.6. The number of halogens is 1. The zero-order valence-corrected chi connectivity index (χ0v) is 12.0. The molecule has 0 spiro atoms. The van der Waals surface area contributed by atoms with Gasteiger partial charge in [0.2, 0.25) is 0 Å². The lowest BCUT2D eigenvalue weighted by molar-refractivity contribution is 0.0954. The van der Waals surface area contributed by atoms with Gasteiger partial charge in [0.15, 0.2) is 0 Å². The molecule has 0 radical (unpaired) electrons. The van der Waals surface area contributed by atoms with Crippen molar-refractivity contribution in [3.8, 4) is 0 Å². The van der Waals surface area contributed by atoms with Crippen molar-refractivity contribution >= 4 is 28.1 Å². The first-order chi connectivity index (χ1) is 9.24. The molecule has 1 amide bonds. The number of hydrazone groups is 1. The number of nitrogens with zero attached hydrogens (tertiary/aromatic N) is 1. The van der Waals surface area contributed by atoms with Gasteiger partial charge in [0.25, 0.3) is 5.91 Å². The highest BCUT2D eigenvalue weighted by atomic mass is 79.9. The highest BCUT2D eigenvalue weighted by molar-refractivity contribution is 9.10. The largest absolute Gasteiger partial charge is 0.272 e. The molecule has 1 N–H and O–H groups in total. The third kappa shape index (κ3) is 2.63. The summed E-state index contributed by atoms with van der Waals surface area (Å²) in [5, 5.41) is 4.11. The molecule has 0 saturated heterocycles. The molecule has 2 aliphatic carbocycles. The molecule has 98 valence electrons. The Morgan fingerprint density at radius 3 is 2.84 bits per heavy atom. The van der Waals surface area contributed by atoms with Crippen LogP contribution in [0.15, 0.2) is 46.0 Å². The van der Waals surface area contributed by atoms with Gasteiger partial charge in [-0.25, -0.2) is 5.43 Å². The number of hydrogen-bond acceptors (Lipinski definition) is 2. The van der Waals surface area contributed by atoms with E-state index < -0.39 is 0 Å². The second-order valence-corrected chi connectivity index (χ2v) is 6.00. The van der Waals surface area contributed by atoms with Crippen molar-refractivity contribution in [2.45, 2.75) is 12.8 Å². The maximum atomic E-state index is 11.9. The van der Waals surface area contributed by atoms with Crippen LogP contribution < -0.4 is 5.43 Å². The zero-order valence-electron chi connectivity index (χ0n) is 10.4. The van der Waals surface area contributed by atoms with Gasteiger partial charge in [0.1, 0.15) is 0 Å². The minimum atomic E-state index is -0.178. The molecule has 2 bridgehead atoms. The normalized spacial score (nSPS) is 28.2. The summed E-state index contributed by atoms with van der Waals surface area (Å²) in [6.45, 7) is 0. The maximum absolute atomic E-state index is 11.9. The molecular weight excluding hydrogens is 304 g/mol. The van der Waals surface area contributed by atoms with Gasteiger partial charge in [-0.1, -0.05) is 24.3 Å². The number of benzene rings is 1. The SMILES string of the molecule is O=C(N/N=C\[C@H]1C[C@H]2C=C[C@H]1C2)c1ccccc1Br. The topological polar surface area (TPSA) is 41.5 Å². The maximum Gasteiger partial charge on any atom is 0.272 e. The van der Waals surface area contributed by atoms with E-state index >= 15 is 0 Å². The molecule has 0 unspecified atom stereocenters. The van der Waals surface area contributed by atoms with Crippen LogP contribution in [0.25, 0.3) is 0 Å². The Morgan fingerprint density at radius 2 is 2.16 bits per heavy atom. The van der Waals surface area contributed by atoms with Gasteiger partial charge >= 0.3 is 0 Å². The Hall–Kier alpha value is -1.42. The van der Waals surface area contributed by atoms with E-state index in [1.54, 1.807) is 6.07 Å². The molecular formula is C15H15BrN2O. The van der Waals surface area contributed by atoms with Crippen molar-refractivity contribution in [3.63, 3.8) is 0 Å². The Morgan fingerprint density at radius 1 is 1.32 bits per heavy atom. The van der Waals surface area contributed by atoms with Gasteiger partial charge in [-0.2, -0.15) is 5.10 Å². The zero-order chi connectivity index (χ0) is 13.2. The second kappa shape index (κ2) is 5.29. The summed E-state index contributed by atoms with van der Waals surface area (Å²) >= 11 is 3.36. The molecule has 3 atom stereocenters. The molecule has 1 aromatic rings. The van der Waals surface area contributed by atoms with E-state index in [0.29, 0.717) is 17.4 Å². The Balaban J connectivity index is 1.59. The first-order valence-electron chi connectivity index (χ1n) is 6.50. The van der Waals surface area contributed by atoms with Crippen molar-refractivity contribution in [2.75, 3.05) is 0 Å². The quantitative estimate of drug-likeness (QED) is 0.518. The minimum Gasteiger partial charge on any atom is -0.267 e. The predicted molar refractivity (Wildman–Crippen MR) is 78.9 cm³/mol. The molecule has 19 heavy (non-hydrogen) atoms. The van der Waals surface area contributed by atoms with Gasteiger partial charge in [-0.3, -0.25) is 4.79 Å². The molecule has 0 aliphatic heterocycles. The van der Waals surface area contributed by atoms with Crippen LogP contribution in [-0.2, 0) is 0 Å². The summed E-state index contributed by atoms with van der Waals surface area (Å²) in [7, 11) is 0. The number of hydrogen-bond donors (Lipinski definition) is 1. The lowest BCUT2D eigenvalue weighted by atomic mass is 9.95. The molecule has 4 heteroatoms. The molecule has 0 heterocycles. The summed E-state index contributed by atoms with van der Waals surface area (Å²) in [4.78, 5) is 11.9. The highest BCUT2D eigenvalue weighted by Crippen LogP contribution is 2.42. The van der Waals surface area contributed by atoms with Gasteiger partial charge in [0.05, 0.1) is 5.56 Å². The standard InChI is InChI=1S/C15H15BrN2O/c16-14-4-2-1-3-13(14)15(19)18-17-9-12-8-10-5-6-11(12)7-10/h1-6,9-12H,7-8H2,(H,18,19)/b17-9-/t10-,11-,12+/m0/s1. The summed E-state index contributed by atoms with van der Waals surface area (Å²) < 4.78 is 0.783. The average molecular weight is 319 g/mol. The van der Waals surface area contributed by atoms with Crippen molar-refractivity contribution in [3.05, 3.63) is 46.5 Å². The van der Waals surface area contributed by atoms with Gasteiger partial charge in [-0.05, 0) is 52.7 Å². The predicted octanol–water partition coefficient (Wildman–Crippen LogP) is 3.38. The van der Waals surface area contributed by atoms with E-state index in [-0.39, 0.29) is 5.91 Å². The lowest BCUT2D eigenvalue weighted by Gasteiger charge is -2.12. The van der Waals surface area contributed by atoms with E-state index in [1.165, 1.54) is 6.42 Å². The third-order valence-electron chi connectivity index (χ3n) is 3.88. The summed E-state index contributed by atoms with van der Waals surface area (Å²) in [6.07, 6.45) is 8.88. The van der Waals surface area contributed by atoms with Crippen molar-refractivity contribution in [2.24, 2.45) is 22.9 Å². The fourth-order valence-corrected chi connectivity index (χ4v) is 3.36. The number of carbonyl (C=O) groups is 1. The lowest BCUT2D eigenvalue weighted by Crippen LogP contribution is -2.19. The van der Waals surface area contributed by atoms with Crippen LogP contribution in [0.4, 0.5) is 0 Å². The van der Waals surface area contributed by atoms with Crippen LogP contribution in [0.5, 0.6) is 0 Å². The third-order valence-corrected chi connectivity index (χ3v) is 4.57. The second-order valence-electron chi connectivity index (χ2n) is 5.14. The van der Waals surface area contributed by atoms with Crippen LogP contribution in [-0.4, -0.2) is 12.1 Å². The van der Waals surface area contributed by atoms with E-state index in [4.69, 9.17) is 0 Å². The van der Waals surface area contributed by atoms with E-state index in [2.05, 4.69) is 38.6 Å². The van der Waals surface area contributed by atoms with E-state index in [0.717, 1.165) is 16.8 Å². The number of carbonyl (C=O) groups excluding carboxylic acids is 1. The van der Waals surface area contributed by atoms with Crippen LogP contribution in [0.3, 0.4) is 0 Å². The number of amides is 1. The molecule has 3 rings (SSSR count). The summed E-state index contributed by atoms with van der Waals surface area (Å²) in [5.41, 5.74) is 3.21. The van der Waals surface area contributed by atoms with Crippen molar-refractivity contribution < 1.29 is 4.79 Å². The van der Waals surface area contributed by atoms with Gasteiger partial charge in [-0.15, -0.1) is 0 Å². The van der Waals surface area contributed by atoms with Gasteiger partial charge < -0.3 is 0 Å². The van der Waals surface area contributed by atoms with Crippen LogP contribution in [0, 0.1) is 17.8 Å². The molecule has 1 fully saturated rings. The van der Waals surface area contributed by atoms with Gasteiger partial charge in [0, 0.05) is 16.6 Å². The van der Waals surface area contributed by atoms with E-state index in [9.17, 15) is 4.79 Å². The highest BCUT2D eigenvalue weighted by Gasteiger charge is 2.34. The van der Waals surface area contributed by atoms with E-state index in [1.807, 2.05) is 24.4 Å². The molecule has 2 aliphatic rings. The molecule has 3 nitrogen and oxygen atoms in total. The number of allylic oxidation sites excluding steroid dienone is 2. The molecule has 1 saturated carbocycles. The van der Waals surface area contributed by atoms with Crippen LogP contribution in [0.2, 0.25) is 0 Å². The van der Waals surface area contributed by atoms with Crippen molar-refractivity contribution in [1.29, 1.82) is 0 Å². The average Bonchev–Trinajstić information content (AvgIpc) is 3.01. The number of nitrogens with one attached hydrogen (secondary N) is 1. The Kier molecular flexibility index (Phi) is 3.51. The fourth-order valence-electron chi connectivity index (χ4n) is 2.89.